The van der Waals surface area contributed by atoms with Crippen molar-refractivity contribution in [3.63, 3.8) is 0 Å². The molecular formula is C15H20N4O4S. The first kappa shape index (κ1) is 16.7. The summed E-state index contributed by atoms with van der Waals surface area (Å²) in [5.41, 5.74) is -0.158. The van der Waals surface area contributed by atoms with Gasteiger partial charge < -0.3 is 4.90 Å². The lowest BCUT2D eigenvalue weighted by atomic mass is 9.94. The van der Waals surface area contributed by atoms with Crippen molar-refractivity contribution in [3.05, 3.63) is 34.4 Å². The second-order valence-electron chi connectivity index (χ2n) is 6.14. The SMILES string of the molecule is N=C1N(C2CCCCC2)CCN1S(=O)(=O)c1ccc([N+](=O)[O-])cc1. The molecule has 2 aliphatic rings. The van der Waals surface area contributed by atoms with Gasteiger partial charge in [-0.15, -0.1) is 0 Å². The number of benzene rings is 1. The number of non-ortho nitro benzene ring substituents is 1. The molecule has 8 nitrogen and oxygen atoms in total. The maximum absolute atomic E-state index is 12.7. The molecule has 1 aromatic carbocycles. The fraction of sp³-hybridized carbons (Fsp3) is 0.533. The van der Waals surface area contributed by atoms with Gasteiger partial charge >= 0.3 is 0 Å². The average Bonchev–Trinajstić information content (AvgIpc) is 2.98. The van der Waals surface area contributed by atoms with Crippen LogP contribution in [0.25, 0.3) is 0 Å². The molecule has 1 aliphatic carbocycles. The van der Waals surface area contributed by atoms with Gasteiger partial charge in [-0.1, -0.05) is 19.3 Å². The standard InChI is InChI=1S/C15H20N4O4S/c16-15-17(12-4-2-1-3-5-12)10-11-18(15)24(22,23)14-8-6-13(7-9-14)19(20)21/h6-9,12,16H,1-5,10-11H2. The summed E-state index contributed by atoms with van der Waals surface area (Å²) in [6.45, 7) is 0.768. The van der Waals surface area contributed by atoms with Gasteiger partial charge in [0.15, 0.2) is 0 Å². The molecule has 0 bridgehead atoms. The number of hydrogen-bond acceptors (Lipinski definition) is 5. The van der Waals surface area contributed by atoms with Crippen molar-refractivity contribution in [2.24, 2.45) is 0 Å². The van der Waals surface area contributed by atoms with E-state index in [4.69, 9.17) is 5.41 Å². The highest BCUT2D eigenvalue weighted by molar-refractivity contribution is 7.89. The largest absolute Gasteiger partial charge is 0.337 e. The van der Waals surface area contributed by atoms with Crippen LogP contribution in [0.2, 0.25) is 0 Å². The predicted molar refractivity (Wildman–Crippen MR) is 88.3 cm³/mol. The molecule has 0 spiro atoms. The van der Waals surface area contributed by atoms with E-state index in [-0.39, 0.29) is 29.1 Å². The number of sulfonamides is 1. The zero-order valence-electron chi connectivity index (χ0n) is 13.2. The van der Waals surface area contributed by atoms with Gasteiger partial charge in [0.1, 0.15) is 0 Å². The first-order chi connectivity index (χ1) is 11.4. The molecule has 0 aromatic heterocycles. The maximum atomic E-state index is 12.7. The Kier molecular flexibility index (Phi) is 4.44. The summed E-state index contributed by atoms with van der Waals surface area (Å²) in [7, 11) is -3.86. The van der Waals surface area contributed by atoms with E-state index in [1.807, 2.05) is 4.90 Å². The van der Waals surface area contributed by atoms with E-state index in [9.17, 15) is 18.5 Å². The molecule has 9 heteroatoms. The van der Waals surface area contributed by atoms with Crippen LogP contribution in [-0.2, 0) is 10.0 Å². The summed E-state index contributed by atoms with van der Waals surface area (Å²) in [6.07, 6.45) is 5.41. The Labute approximate surface area is 140 Å². The van der Waals surface area contributed by atoms with Crippen LogP contribution in [0.15, 0.2) is 29.2 Å². The van der Waals surface area contributed by atoms with E-state index in [1.165, 1.54) is 30.7 Å². The molecule has 2 fully saturated rings. The van der Waals surface area contributed by atoms with Crippen LogP contribution in [-0.4, -0.2) is 47.6 Å². The first-order valence-electron chi connectivity index (χ1n) is 8.03. The normalized spacial score (nSPS) is 19.8. The molecule has 1 heterocycles. The van der Waals surface area contributed by atoms with E-state index in [1.54, 1.807) is 0 Å². The topological polar surface area (TPSA) is 108 Å². The number of rotatable bonds is 4. The number of nitro benzene ring substituents is 1. The molecular weight excluding hydrogens is 332 g/mol. The Morgan fingerprint density at radius 2 is 1.71 bits per heavy atom. The molecule has 3 rings (SSSR count). The van der Waals surface area contributed by atoms with Gasteiger partial charge in [0.05, 0.1) is 16.4 Å². The third-order valence-electron chi connectivity index (χ3n) is 4.70. The van der Waals surface area contributed by atoms with E-state index in [0.717, 1.165) is 30.0 Å². The number of guanidine groups is 1. The summed E-state index contributed by atoms with van der Waals surface area (Å²) in [4.78, 5) is 12.0. The van der Waals surface area contributed by atoms with Gasteiger partial charge in [-0.05, 0) is 25.0 Å². The van der Waals surface area contributed by atoms with Gasteiger partial charge in [-0.2, -0.15) is 0 Å². The van der Waals surface area contributed by atoms with Gasteiger partial charge in [0.2, 0.25) is 5.96 Å². The highest BCUT2D eigenvalue weighted by atomic mass is 32.2. The summed E-state index contributed by atoms with van der Waals surface area (Å²) in [6, 6.07) is 5.04. The Morgan fingerprint density at radius 1 is 1.08 bits per heavy atom. The van der Waals surface area contributed by atoms with Gasteiger partial charge in [0.25, 0.3) is 15.7 Å². The zero-order valence-corrected chi connectivity index (χ0v) is 14.0. The van der Waals surface area contributed by atoms with Gasteiger partial charge in [0, 0.05) is 24.7 Å². The highest BCUT2D eigenvalue weighted by Gasteiger charge is 2.38. The van der Waals surface area contributed by atoms with Crippen molar-refractivity contribution in [2.45, 2.75) is 43.0 Å². The molecule has 1 aromatic rings. The van der Waals surface area contributed by atoms with E-state index >= 15 is 0 Å². The smallest absolute Gasteiger partial charge is 0.269 e. The molecule has 1 aliphatic heterocycles. The molecule has 1 N–H and O–H groups in total. The van der Waals surface area contributed by atoms with Crippen molar-refractivity contribution in [3.8, 4) is 0 Å². The summed E-state index contributed by atoms with van der Waals surface area (Å²) in [5, 5.41) is 19.0. The first-order valence-corrected chi connectivity index (χ1v) is 9.47. The van der Waals surface area contributed by atoms with Crippen molar-refractivity contribution >= 4 is 21.7 Å². The number of nitro groups is 1. The maximum Gasteiger partial charge on any atom is 0.269 e. The fourth-order valence-corrected chi connectivity index (χ4v) is 4.79. The second kappa shape index (κ2) is 6.39. The van der Waals surface area contributed by atoms with Crippen LogP contribution in [0.4, 0.5) is 5.69 Å². The lowest BCUT2D eigenvalue weighted by molar-refractivity contribution is -0.384. The lowest BCUT2D eigenvalue weighted by Crippen LogP contribution is -2.42. The van der Waals surface area contributed by atoms with Crippen LogP contribution in [0.3, 0.4) is 0 Å². The van der Waals surface area contributed by atoms with E-state index < -0.39 is 14.9 Å². The third kappa shape index (κ3) is 2.95. The summed E-state index contributed by atoms with van der Waals surface area (Å²) >= 11 is 0. The van der Waals surface area contributed by atoms with Crippen molar-refractivity contribution in [2.75, 3.05) is 13.1 Å². The van der Waals surface area contributed by atoms with Crippen molar-refractivity contribution in [1.29, 1.82) is 5.41 Å². The molecule has 24 heavy (non-hydrogen) atoms. The predicted octanol–water partition coefficient (Wildman–Crippen LogP) is 2.17. The summed E-state index contributed by atoms with van der Waals surface area (Å²) in [5.74, 6) is 0.0141. The van der Waals surface area contributed by atoms with E-state index in [2.05, 4.69) is 0 Å². The van der Waals surface area contributed by atoms with Gasteiger partial charge in [-0.25, -0.2) is 12.7 Å². The fourth-order valence-electron chi connectivity index (χ4n) is 3.40. The van der Waals surface area contributed by atoms with Crippen molar-refractivity contribution < 1.29 is 13.3 Å². The molecule has 0 atom stereocenters. The monoisotopic (exact) mass is 352 g/mol. The number of nitrogens with one attached hydrogen (secondary N) is 1. The van der Waals surface area contributed by atoms with E-state index in [0.29, 0.717) is 6.54 Å². The van der Waals surface area contributed by atoms with Crippen LogP contribution in [0.5, 0.6) is 0 Å². The minimum atomic E-state index is -3.86. The molecule has 130 valence electrons. The summed E-state index contributed by atoms with van der Waals surface area (Å²) < 4.78 is 26.6. The Morgan fingerprint density at radius 3 is 2.29 bits per heavy atom. The minimum Gasteiger partial charge on any atom is -0.337 e. The number of hydrogen-bond donors (Lipinski definition) is 1. The quantitative estimate of drug-likeness (QED) is 0.660. The molecule has 1 saturated carbocycles. The average molecular weight is 352 g/mol. The Balaban J connectivity index is 1.80. The number of nitrogens with zero attached hydrogens (tertiary/aromatic N) is 3. The zero-order chi connectivity index (χ0) is 17.3. The highest BCUT2D eigenvalue weighted by Crippen LogP contribution is 2.28. The minimum absolute atomic E-state index is 0.0141. The molecule has 0 amide bonds. The molecule has 1 saturated heterocycles. The van der Waals surface area contributed by atoms with Crippen LogP contribution >= 0.6 is 0 Å². The molecule has 0 radical (unpaired) electrons. The Hall–Kier alpha value is -2.16. The Bertz CT molecular complexity index is 741. The van der Waals surface area contributed by atoms with Crippen LogP contribution in [0, 0.1) is 15.5 Å². The van der Waals surface area contributed by atoms with Crippen LogP contribution in [0.1, 0.15) is 32.1 Å². The van der Waals surface area contributed by atoms with Crippen LogP contribution < -0.4 is 0 Å². The third-order valence-corrected chi connectivity index (χ3v) is 6.51. The van der Waals surface area contributed by atoms with Crippen molar-refractivity contribution in [1.82, 2.24) is 9.21 Å². The molecule has 0 unspecified atom stereocenters. The van der Waals surface area contributed by atoms with Gasteiger partial charge in [-0.3, -0.25) is 15.5 Å². The second-order valence-corrected chi connectivity index (χ2v) is 8.00. The lowest BCUT2D eigenvalue weighted by Gasteiger charge is -2.32.